The van der Waals surface area contributed by atoms with Crippen molar-refractivity contribution in [3.8, 4) is 24.7 Å². The van der Waals surface area contributed by atoms with Gasteiger partial charge < -0.3 is 0 Å². The van der Waals surface area contributed by atoms with Crippen LogP contribution in [0.1, 0.15) is 19.3 Å². The fraction of sp³-hybridized carbons (Fsp3) is 0.636. The van der Waals surface area contributed by atoms with Crippen LogP contribution in [0.2, 0.25) is 0 Å². The Morgan fingerprint density at radius 1 is 0.909 bits per heavy atom. The Morgan fingerprint density at radius 2 is 1.36 bits per heavy atom. The van der Waals surface area contributed by atoms with E-state index in [1.54, 1.807) is 0 Å². The molecule has 0 aromatic heterocycles. The van der Waals surface area contributed by atoms with Crippen molar-refractivity contribution in [2.24, 2.45) is 23.7 Å². The molecule has 0 spiro atoms. The maximum Gasteiger partial charge on any atom is 0.0368 e. The van der Waals surface area contributed by atoms with Crippen LogP contribution in [0.25, 0.3) is 0 Å². The van der Waals surface area contributed by atoms with Crippen LogP contribution in [0.15, 0.2) is 0 Å². The first kappa shape index (κ1) is 6.81. The molecule has 2 aliphatic carbocycles. The summed E-state index contributed by atoms with van der Waals surface area (Å²) in [5.41, 5.74) is 0. The van der Waals surface area contributed by atoms with Crippen LogP contribution in [-0.4, -0.2) is 0 Å². The maximum absolute atomic E-state index is 5.44. The summed E-state index contributed by atoms with van der Waals surface area (Å²) >= 11 is 0. The molecule has 56 valence electrons. The third-order valence-electron chi connectivity index (χ3n) is 3.30. The second-order valence-electron chi connectivity index (χ2n) is 3.72. The lowest BCUT2D eigenvalue weighted by molar-refractivity contribution is 0.338. The average Bonchev–Trinajstić information content (AvgIpc) is 2.60. The van der Waals surface area contributed by atoms with E-state index in [1.165, 1.54) is 19.3 Å². The van der Waals surface area contributed by atoms with Crippen molar-refractivity contribution >= 4 is 0 Å². The summed E-state index contributed by atoms with van der Waals surface area (Å²) in [6.45, 7) is 0. The topological polar surface area (TPSA) is 0 Å². The highest BCUT2D eigenvalue weighted by Crippen LogP contribution is 2.51. The molecule has 2 rings (SSSR count). The highest BCUT2D eigenvalue weighted by atomic mass is 14.5. The lowest BCUT2D eigenvalue weighted by Crippen LogP contribution is -2.19. The van der Waals surface area contributed by atoms with Gasteiger partial charge in [0.25, 0.3) is 0 Å². The number of rotatable bonds is 0. The fourth-order valence-corrected chi connectivity index (χ4v) is 2.77. The quantitative estimate of drug-likeness (QED) is 0.456. The highest BCUT2D eigenvalue weighted by molar-refractivity contribution is 5.16. The molecule has 2 saturated carbocycles. The monoisotopic (exact) mass is 144 g/mol. The molecule has 2 fully saturated rings. The van der Waals surface area contributed by atoms with E-state index in [1.807, 2.05) is 0 Å². The Balaban J connectivity index is 2.24. The van der Waals surface area contributed by atoms with Crippen molar-refractivity contribution in [2.75, 3.05) is 0 Å². The summed E-state index contributed by atoms with van der Waals surface area (Å²) in [7, 11) is 0. The SMILES string of the molecule is C#CC1C2CCC(C2)C1C#C. The van der Waals surface area contributed by atoms with Gasteiger partial charge in [-0.1, -0.05) is 0 Å². The Morgan fingerprint density at radius 3 is 1.73 bits per heavy atom. The summed E-state index contributed by atoms with van der Waals surface area (Å²) in [6.07, 6.45) is 14.8. The molecular formula is C11H12. The standard InChI is InChI=1S/C11H12/c1-3-10-8-5-6-9(7-8)11(10)4-2/h1-2,8-11H,5-7H2. The zero-order chi connectivity index (χ0) is 7.84. The number of hydrogen-bond acceptors (Lipinski definition) is 0. The van der Waals surface area contributed by atoms with Gasteiger partial charge in [-0.2, -0.15) is 0 Å². The zero-order valence-electron chi connectivity index (χ0n) is 6.59. The normalized spacial score (nSPS) is 46.7. The van der Waals surface area contributed by atoms with E-state index >= 15 is 0 Å². The first-order valence-electron chi connectivity index (χ1n) is 4.29. The molecule has 0 saturated heterocycles. The molecule has 0 N–H and O–H groups in total. The van der Waals surface area contributed by atoms with Crippen LogP contribution >= 0.6 is 0 Å². The lowest BCUT2D eigenvalue weighted by atomic mass is 9.80. The van der Waals surface area contributed by atoms with Crippen LogP contribution in [0.3, 0.4) is 0 Å². The van der Waals surface area contributed by atoms with E-state index in [9.17, 15) is 0 Å². The van der Waals surface area contributed by atoms with Crippen molar-refractivity contribution in [3.05, 3.63) is 0 Å². The van der Waals surface area contributed by atoms with Crippen LogP contribution in [-0.2, 0) is 0 Å². The van der Waals surface area contributed by atoms with Gasteiger partial charge in [-0.15, -0.1) is 24.7 Å². The van der Waals surface area contributed by atoms with E-state index in [-0.39, 0.29) is 0 Å². The third-order valence-corrected chi connectivity index (χ3v) is 3.30. The number of hydrogen-bond donors (Lipinski definition) is 0. The molecule has 4 unspecified atom stereocenters. The van der Waals surface area contributed by atoms with Crippen molar-refractivity contribution in [2.45, 2.75) is 19.3 Å². The first-order valence-corrected chi connectivity index (χ1v) is 4.29. The molecule has 0 heteroatoms. The molecule has 4 atom stereocenters. The average molecular weight is 144 g/mol. The molecule has 2 aliphatic rings. The minimum atomic E-state index is 0.402. The van der Waals surface area contributed by atoms with Crippen LogP contribution < -0.4 is 0 Å². The smallest absolute Gasteiger partial charge is 0.0368 e. The van der Waals surface area contributed by atoms with E-state index < -0.39 is 0 Å². The van der Waals surface area contributed by atoms with E-state index in [0.29, 0.717) is 11.8 Å². The summed E-state index contributed by atoms with van der Waals surface area (Å²) in [5.74, 6) is 8.02. The van der Waals surface area contributed by atoms with Gasteiger partial charge in [0.2, 0.25) is 0 Å². The fourth-order valence-electron chi connectivity index (χ4n) is 2.77. The Labute approximate surface area is 68.4 Å². The Hall–Kier alpha value is -0.880. The third kappa shape index (κ3) is 0.795. The van der Waals surface area contributed by atoms with Crippen LogP contribution in [0, 0.1) is 48.4 Å². The number of fused-ring (bicyclic) bond motifs is 2. The van der Waals surface area contributed by atoms with Crippen molar-refractivity contribution < 1.29 is 0 Å². The van der Waals surface area contributed by atoms with Gasteiger partial charge in [0.1, 0.15) is 0 Å². The number of terminal acetylenes is 2. The van der Waals surface area contributed by atoms with Gasteiger partial charge in [-0.05, 0) is 31.1 Å². The van der Waals surface area contributed by atoms with Crippen LogP contribution in [0.4, 0.5) is 0 Å². The summed E-state index contributed by atoms with van der Waals surface area (Å²) in [6, 6.07) is 0. The largest absolute Gasteiger partial charge is 0.120 e. The van der Waals surface area contributed by atoms with Crippen molar-refractivity contribution in [1.82, 2.24) is 0 Å². The molecular weight excluding hydrogens is 132 g/mol. The minimum absolute atomic E-state index is 0.402. The molecule has 0 amide bonds. The highest BCUT2D eigenvalue weighted by Gasteiger charge is 2.45. The minimum Gasteiger partial charge on any atom is -0.120 e. The van der Waals surface area contributed by atoms with Gasteiger partial charge in [0.15, 0.2) is 0 Å². The molecule has 0 heterocycles. The maximum atomic E-state index is 5.44. The molecule has 11 heavy (non-hydrogen) atoms. The van der Waals surface area contributed by atoms with Crippen molar-refractivity contribution in [1.29, 1.82) is 0 Å². The molecule has 2 bridgehead atoms. The lowest BCUT2D eigenvalue weighted by Gasteiger charge is -2.22. The molecule has 0 radical (unpaired) electrons. The summed E-state index contributed by atoms with van der Waals surface area (Å²) in [4.78, 5) is 0. The molecule has 0 aromatic carbocycles. The van der Waals surface area contributed by atoms with Crippen molar-refractivity contribution in [3.63, 3.8) is 0 Å². The summed E-state index contributed by atoms with van der Waals surface area (Å²) in [5, 5.41) is 0. The second-order valence-corrected chi connectivity index (χ2v) is 3.72. The molecule has 0 aromatic rings. The summed E-state index contributed by atoms with van der Waals surface area (Å²) < 4.78 is 0. The Bertz CT molecular complexity index is 212. The van der Waals surface area contributed by atoms with E-state index in [0.717, 1.165) is 11.8 Å². The van der Waals surface area contributed by atoms with Gasteiger partial charge in [-0.3, -0.25) is 0 Å². The van der Waals surface area contributed by atoms with Gasteiger partial charge >= 0.3 is 0 Å². The zero-order valence-corrected chi connectivity index (χ0v) is 6.59. The molecule has 0 nitrogen and oxygen atoms in total. The van der Waals surface area contributed by atoms with E-state index in [4.69, 9.17) is 12.8 Å². The van der Waals surface area contributed by atoms with Gasteiger partial charge in [-0.25, -0.2) is 0 Å². The second kappa shape index (κ2) is 2.31. The van der Waals surface area contributed by atoms with Gasteiger partial charge in [0, 0.05) is 11.8 Å². The molecule has 0 aliphatic heterocycles. The predicted octanol–water partition coefficient (Wildman–Crippen LogP) is 1.92. The van der Waals surface area contributed by atoms with Crippen LogP contribution in [0.5, 0.6) is 0 Å². The van der Waals surface area contributed by atoms with E-state index in [2.05, 4.69) is 11.8 Å². The predicted molar refractivity (Wildman–Crippen MR) is 45.5 cm³/mol. The first-order chi connectivity index (χ1) is 5.36. The Kier molecular flexibility index (Phi) is 1.43. The van der Waals surface area contributed by atoms with Gasteiger partial charge in [0.05, 0.1) is 0 Å².